The Morgan fingerprint density at radius 2 is 2.00 bits per heavy atom. The number of aromatic nitrogens is 2. The average molecular weight is 421 g/mol. The van der Waals surface area contributed by atoms with Gasteiger partial charge in [0.15, 0.2) is 0 Å². The van der Waals surface area contributed by atoms with Gasteiger partial charge in [-0.1, -0.05) is 36.9 Å². The molecule has 9 heteroatoms. The van der Waals surface area contributed by atoms with E-state index in [1.807, 2.05) is 13.0 Å². The Labute approximate surface area is 136 Å². The van der Waals surface area contributed by atoms with Crippen LogP contribution in [-0.2, 0) is 4.65 Å². The summed E-state index contributed by atoms with van der Waals surface area (Å²) in [6.07, 6.45) is 0. The molecule has 3 heterocycles. The number of fused-ring (bicyclic) bond motifs is 3. The third-order valence-electron chi connectivity index (χ3n) is 3.25. The summed E-state index contributed by atoms with van der Waals surface area (Å²) in [6, 6.07) is 5.14. The molecule has 1 aliphatic heterocycles. The van der Waals surface area contributed by atoms with Crippen molar-refractivity contribution in [3.8, 4) is 0 Å². The zero-order valence-corrected chi connectivity index (χ0v) is 14.3. The van der Waals surface area contributed by atoms with Crippen LogP contribution < -0.4 is 4.48 Å². The molecule has 4 nitrogen and oxygen atoms in total. The lowest BCUT2D eigenvalue weighted by atomic mass is 10.0. The van der Waals surface area contributed by atoms with Crippen LogP contribution in [0.15, 0.2) is 23.2 Å². The molecule has 21 heavy (non-hydrogen) atoms. The van der Waals surface area contributed by atoms with Crippen molar-refractivity contribution < 1.29 is 17.8 Å². The highest BCUT2D eigenvalue weighted by atomic mass is 79.9. The summed E-state index contributed by atoms with van der Waals surface area (Å²) < 4.78 is 33.8. The Hall–Kier alpha value is -1.09. The first kappa shape index (κ1) is 14.8. The van der Waals surface area contributed by atoms with Crippen molar-refractivity contribution in [3.63, 3.8) is 0 Å². The van der Waals surface area contributed by atoms with Gasteiger partial charge in [0.25, 0.3) is 0 Å². The molecule has 2 aromatic heterocycles. The fourth-order valence-electron chi connectivity index (χ4n) is 2.37. The van der Waals surface area contributed by atoms with E-state index in [9.17, 15) is 8.63 Å². The Balaban J connectivity index is 2.42. The van der Waals surface area contributed by atoms with Gasteiger partial charge in [-0.2, -0.15) is 0 Å². The lowest BCUT2D eigenvalue weighted by Gasteiger charge is -2.29. The summed E-state index contributed by atoms with van der Waals surface area (Å²) in [4.78, 5) is 8.35. The summed E-state index contributed by atoms with van der Waals surface area (Å²) in [7, 11) is -4.24. The molecule has 0 amide bonds. The van der Waals surface area contributed by atoms with Crippen LogP contribution in [0.5, 0.6) is 0 Å². The zero-order chi connectivity index (χ0) is 15.4. The maximum Gasteiger partial charge on any atom is 0.703 e. The molecule has 110 valence electrons. The molecule has 3 rings (SSSR count). The number of aryl methyl sites for hydroxylation is 1. The number of alkyl halides is 2. The molecule has 0 atom stereocenters. The lowest BCUT2D eigenvalue weighted by molar-refractivity contribution is -0.542. The number of halogens is 4. The first-order chi connectivity index (χ1) is 9.79. The van der Waals surface area contributed by atoms with Crippen molar-refractivity contribution in [2.24, 2.45) is 4.99 Å². The van der Waals surface area contributed by atoms with Crippen LogP contribution in [0.25, 0.3) is 11.0 Å². The van der Waals surface area contributed by atoms with Gasteiger partial charge in [-0.3, -0.25) is 0 Å². The van der Waals surface area contributed by atoms with E-state index in [-0.39, 0.29) is 21.1 Å². The summed E-state index contributed by atoms with van der Waals surface area (Å²) >= 11 is 6.68. The molecule has 0 bridgehead atoms. The smallest absolute Gasteiger partial charge is 0.607 e. The van der Waals surface area contributed by atoms with E-state index in [1.54, 1.807) is 12.1 Å². The first-order valence-corrected chi connectivity index (χ1v) is 8.02. The summed E-state index contributed by atoms with van der Waals surface area (Å²) in [6.45, 7) is 3.26. The molecule has 0 unspecified atom stereocenters. The second kappa shape index (κ2) is 4.98. The Morgan fingerprint density at radius 3 is 2.67 bits per heavy atom. The second-order valence-electron chi connectivity index (χ2n) is 4.77. The van der Waals surface area contributed by atoms with E-state index in [4.69, 9.17) is 0 Å². The van der Waals surface area contributed by atoms with Gasteiger partial charge in [-0.15, -0.1) is 4.98 Å². The van der Waals surface area contributed by atoms with Crippen LogP contribution in [0.2, 0.25) is 0 Å². The monoisotopic (exact) mass is 419 g/mol. The highest BCUT2D eigenvalue weighted by Crippen LogP contribution is 2.31. The van der Waals surface area contributed by atoms with Gasteiger partial charge < -0.3 is 17.8 Å². The molecule has 0 saturated heterocycles. The highest BCUT2D eigenvalue weighted by molar-refractivity contribution is 9.24. The molecular formula is C12H10BBr2F2N3O. The predicted octanol–water partition coefficient (Wildman–Crippen LogP) is 3.92. The minimum Gasteiger partial charge on any atom is -0.607 e. The average Bonchev–Trinajstić information content (AvgIpc) is 2.35. The number of hydrogen-bond donors (Lipinski definition) is 0. The van der Waals surface area contributed by atoms with Gasteiger partial charge in [0.1, 0.15) is 9.43 Å². The molecule has 0 spiro atoms. The molecule has 0 N–H and O–H groups in total. The largest absolute Gasteiger partial charge is 0.703 e. The third-order valence-corrected chi connectivity index (χ3v) is 4.19. The van der Waals surface area contributed by atoms with Crippen LogP contribution >= 0.6 is 31.9 Å². The summed E-state index contributed by atoms with van der Waals surface area (Å²) in [5, 5.41) is 0.642. The fourth-order valence-corrected chi connectivity index (χ4v) is 2.84. The van der Waals surface area contributed by atoms with E-state index in [0.29, 0.717) is 11.1 Å². The summed E-state index contributed by atoms with van der Waals surface area (Å²) in [5.41, 5.74) is 1.62. The Kier molecular flexibility index (Phi) is 3.52. The van der Waals surface area contributed by atoms with Crippen LogP contribution in [0, 0.1) is 6.92 Å². The number of hydrogen-bond acceptors (Lipinski definition) is 3. The van der Waals surface area contributed by atoms with Crippen molar-refractivity contribution in [1.82, 2.24) is 4.98 Å². The summed E-state index contributed by atoms with van der Waals surface area (Å²) in [5.74, 6) is 0.0899. The quantitative estimate of drug-likeness (QED) is 0.518. The van der Waals surface area contributed by atoms with Crippen molar-refractivity contribution in [3.05, 3.63) is 29.5 Å². The third kappa shape index (κ3) is 2.46. The van der Waals surface area contributed by atoms with Crippen LogP contribution in [-0.4, -0.2) is 17.9 Å². The van der Waals surface area contributed by atoms with Gasteiger partial charge in [0.2, 0.25) is 17.4 Å². The minimum absolute atomic E-state index is 0.0499. The maximum absolute atomic E-state index is 14.3. The molecule has 0 aromatic carbocycles. The maximum atomic E-state index is 14.3. The van der Waals surface area contributed by atoms with Crippen molar-refractivity contribution in [2.75, 3.05) is 0 Å². The Morgan fingerprint density at radius 1 is 1.29 bits per heavy atom. The standard InChI is InChI=1S/C12H10BBr2F2N3O/c1-6-5-9(11(14)15)19-12-8(6)3-4-10-18-7(2)21-13(16,17)20(10)12/h3-5,11H,1-2H3. The van der Waals surface area contributed by atoms with Crippen molar-refractivity contribution in [2.45, 2.75) is 17.6 Å². The van der Waals surface area contributed by atoms with E-state index < -0.39 is 7.04 Å². The predicted molar refractivity (Wildman–Crippen MR) is 84.5 cm³/mol. The molecule has 1 aliphatic rings. The molecular weight excluding hydrogens is 411 g/mol. The van der Waals surface area contributed by atoms with Crippen LogP contribution in [0.4, 0.5) is 14.4 Å². The van der Waals surface area contributed by atoms with E-state index in [0.717, 1.165) is 10.0 Å². The van der Waals surface area contributed by atoms with E-state index in [1.165, 1.54) is 6.92 Å². The number of pyridine rings is 2. The molecule has 0 aliphatic carbocycles. The SMILES string of the molecule is CC1=Nc2ccc3c(C)cc(C(Br)Br)nc3[n+]2[B-](F)(F)O1. The normalized spacial score (nSPS) is 16.6. The van der Waals surface area contributed by atoms with Crippen molar-refractivity contribution in [1.29, 1.82) is 0 Å². The minimum atomic E-state index is -4.24. The van der Waals surface area contributed by atoms with Gasteiger partial charge in [-0.25, -0.2) is 0 Å². The molecule has 0 fully saturated rings. The highest BCUT2D eigenvalue weighted by Gasteiger charge is 2.44. The molecule has 0 radical (unpaired) electrons. The fraction of sp³-hybridized carbons (Fsp3) is 0.250. The zero-order valence-electron chi connectivity index (χ0n) is 11.1. The van der Waals surface area contributed by atoms with E-state index >= 15 is 0 Å². The van der Waals surface area contributed by atoms with Gasteiger partial charge >= 0.3 is 7.04 Å². The number of rotatable bonds is 1. The number of aliphatic imine (C=N–C) groups is 1. The van der Waals surface area contributed by atoms with Crippen LogP contribution in [0.3, 0.4) is 0 Å². The molecule has 0 saturated carbocycles. The van der Waals surface area contributed by atoms with Gasteiger partial charge in [0, 0.05) is 13.0 Å². The van der Waals surface area contributed by atoms with Gasteiger partial charge in [0.05, 0.1) is 5.39 Å². The van der Waals surface area contributed by atoms with Gasteiger partial charge in [-0.05, 0) is 24.6 Å². The Bertz CT molecular complexity index is 783. The number of nitrogens with zero attached hydrogens (tertiary/aromatic N) is 3. The molecule has 2 aromatic rings. The van der Waals surface area contributed by atoms with E-state index in [2.05, 4.69) is 46.5 Å². The topological polar surface area (TPSA) is 38.4 Å². The second-order valence-corrected chi connectivity index (χ2v) is 7.83. The van der Waals surface area contributed by atoms with Crippen LogP contribution in [0.1, 0.15) is 21.9 Å². The first-order valence-electron chi connectivity index (χ1n) is 6.19. The van der Waals surface area contributed by atoms with Crippen molar-refractivity contribution >= 4 is 61.6 Å². The lowest BCUT2D eigenvalue weighted by Crippen LogP contribution is -2.63.